The molecule has 8 rings (SSSR count). The third kappa shape index (κ3) is 10.0. The van der Waals surface area contributed by atoms with Crippen LogP contribution in [0.4, 0.5) is 0 Å². The Balaban J connectivity index is 0.000000182. The van der Waals surface area contributed by atoms with Crippen LogP contribution < -0.4 is 0 Å². The van der Waals surface area contributed by atoms with Crippen LogP contribution in [0.2, 0.25) is 0 Å². The average molecular weight is 886 g/mol. The summed E-state index contributed by atoms with van der Waals surface area (Å²) in [4.78, 5) is 24.5. The van der Waals surface area contributed by atoms with E-state index in [2.05, 4.69) is 67.2 Å². The number of carboxylic acids is 2. The van der Waals surface area contributed by atoms with E-state index in [4.69, 9.17) is 10.2 Å². The number of hydrogen-bond donors (Lipinski definition) is 6. The smallest absolute Gasteiger partial charge is 0.303 e. The molecule has 0 bridgehead atoms. The first-order valence-electron chi connectivity index (χ1n) is 26.6. The van der Waals surface area contributed by atoms with Crippen LogP contribution in [0, 0.1) is 92.7 Å². The summed E-state index contributed by atoms with van der Waals surface area (Å²) in [7, 11) is 0. The molecule has 20 atom stereocenters. The van der Waals surface area contributed by atoms with Gasteiger partial charge in [0.15, 0.2) is 0 Å². The van der Waals surface area contributed by atoms with Gasteiger partial charge in [0, 0.05) is 12.8 Å². The molecule has 0 heterocycles. The predicted octanol–water partition coefficient (Wildman–Crippen LogP) is 10.3. The molecule has 0 aromatic carbocycles. The van der Waals surface area contributed by atoms with Crippen LogP contribution >= 0.6 is 0 Å². The van der Waals surface area contributed by atoms with Crippen LogP contribution in [0.1, 0.15) is 191 Å². The summed E-state index contributed by atoms with van der Waals surface area (Å²) < 4.78 is 0. The number of aliphatic hydroxyl groups excluding tert-OH is 4. The van der Waals surface area contributed by atoms with Gasteiger partial charge < -0.3 is 35.5 Å². The topological polar surface area (TPSA) is 159 Å². The maximum Gasteiger partial charge on any atom is 0.303 e. The fourth-order valence-corrected chi connectivity index (χ4v) is 18.1. The molecule has 364 valence electrons. The van der Waals surface area contributed by atoms with Gasteiger partial charge in [-0.05, 0) is 228 Å². The first-order valence-corrected chi connectivity index (χ1v) is 26.6. The van der Waals surface area contributed by atoms with Crippen molar-refractivity contribution in [3.63, 3.8) is 0 Å². The van der Waals surface area contributed by atoms with Gasteiger partial charge in [0.25, 0.3) is 0 Å². The van der Waals surface area contributed by atoms with Gasteiger partial charge in [0.05, 0.1) is 24.4 Å². The van der Waals surface area contributed by atoms with Crippen LogP contribution in [0.25, 0.3) is 0 Å². The van der Waals surface area contributed by atoms with Crippen molar-refractivity contribution < 1.29 is 40.2 Å². The van der Waals surface area contributed by atoms with Crippen molar-refractivity contribution in [3.05, 3.63) is 0 Å². The largest absolute Gasteiger partial charge is 0.481 e. The number of aliphatic carboxylic acids is 2. The Morgan fingerprint density at radius 2 is 0.841 bits per heavy atom. The first kappa shape index (κ1) is 51.1. The van der Waals surface area contributed by atoms with E-state index >= 15 is 0 Å². The maximum atomic E-state index is 11.2. The van der Waals surface area contributed by atoms with E-state index in [9.17, 15) is 30.0 Å². The number of nitrogens with zero attached hydrogens (tertiary/aromatic N) is 1. The summed E-state index contributed by atoms with van der Waals surface area (Å²) in [6, 6.07) is 0. The van der Waals surface area contributed by atoms with Gasteiger partial charge in [0.2, 0.25) is 0 Å². The minimum absolute atomic E-state index is 0.179. The lowest BCUT2D eigenvalue weighted by molar-refractivity contribution is -0.174. The monoisotopic (exact) mass is 886 g/mol. The highest BCUT2D eigenvalue weighted by Gasteiger charge is 2.64. The molecule has 0 aliphatic heterocycles. The van der Waals surface area contributed by atoms with Crippen molar-refractivity contribution in [2.75, 3.05) is 19.6 Å². The average Bonchev–Trinajstić information content (AvgIpc) is 3.78. The third-order valence-electron chi connectivity index (χ3n) is 21.8. The lowest BCUT2D eigenvalue weighted by Crippen LogP contribution is -2.58. The molecule has 6 N–H and O–H groups in total. The Bertz CT molecular complexity index is 1410. The zero-order valence-corrected chi connectivity index (χ0v) is 41.4. The van der Waals surface area contributed by atoms with Crippen LogP contribution in [0.15, 0.2) is 0 Å². The summed E-state index contributed by atoms with van der Waals surface area (Å²) in [5.41, 5.74) is 1.05. The number of aliphatic hydroxyl groups is 4. The van der Waals surface area contributed by atoms with Crippen molar-refractivity contribution >= 4 is 11.9 Å². The zero-order valence-electron chi connectivity index (χ0n) is 41.4. The van der Waals surface area contributed by atoms with E-state index in [0.717, 1.165) is 64.2 Å². The molecule has 0 amide bonds. The Labute approximate surface area is 383 Å². The van der Waals surface area contributed by atoms with Gasteiger partial charge >= 0.3 is 11.9 Å². The summed E-state index contributed by atoms with van der Waals surface area (Å²) in [5.74, 6) is 4.71. The second kappa shape index (κ2) is 20.5. The van der Waals surface area contributed by atoms with Gasteiger partial charge in [-0.25, -0.2) is 0 Å². The van der Waals surface area contributed by atoms with Gasteiger partial charge in [-0.3, -0.25) is 9.59 Å². The van der Waals surface area contributed by atoms with Crippen LogP contribution in [0.3, 0.4) is 0 Å². The number of carboxylic acid groups (broad SMARTS) is 2. The molecular formula is C54H95NO8. The molecule has 8 saturated carbocycles. The van der Waals surface area contributed by atoms with E-state index in [1.807, 2.05) is 0 Å². The summed E-state index contributed by atoms with van der Waals surface area (Å²) in [6.45, 7) is 24.5. The maximum absolute atomic E-state index is 11.2. The van der Waals surface area contributed by atoms with Crippen molar-refractivity contribution in [1.82, 2.24) is 4.90 Å². The van der Waals surface area contributed by atoms with Gasteiger partial charge in [-0.1, -0.05) is 62.3 Å². The van der Waals surface area contributed by atoms with Gasteiger partial charge in [0.1, 0.15) is 0 Å². The summed E-state index contributed by atoms with van der Waals surface area (Å²) in [5, 5.41) is 61.1. The van der Waals surface area contributed by atoms with Gasteiger partial charge in [-0.15, -0.1) is 0 Å². The molecule has 0 spiro atoms. The molecular weight excluding hydrogens is 791 g/mol. The quantitative estimate of drug-likeness (QED) is 0.119. The normalized spacial score (nSPS) is 47.1. The predicted molar refractivity (Wildman–Crippen MR) is 251 cm³/mol. The molecule has 0 aromatic rings. The van der Waals surface area contributed by atoms with E-state index in [1.54, 1.807) is 0 Å². The molecule has 8 fully saturated rings. The second-order valence-electron chi connectivity index (χ2n) is 24.3. The minimum Gasteiger partial charge on any atom is -0.481 e. The number of fused-ring (bicyclic) bond motifs is 10. The molecule has 8 aliphatic carbocycles. The summed E-state index contributed by atoms with van der Waals surface area (Å²) in [6.07, 6.45) is 18.4. The highest BCUT2D eigenvalue weighted by atomic mass is 16.4. The highest BCUT2D eigenvalue weighted by Crippen LogP contribution is 2.70. The SMILES string of the molecule is CCN(CC)CC.C[C@H](CCC(=O)O)[C@H]1CC[C@H]2[C@@H]3[C@@H](O)C[C@@H]4C[C@H](O)CC[C@]4(C)[C@H]3CC[C@]12C.C[C@H](CCC(=O)O)[C@H]1CC[C@H]2[C@@H]3[C@@H](O)C[C@@H]4C[C@H](O)CC[C@]4(C)[C@H]3CC[C@]12C. The molecule has 0 saturated heterocycles. The Morgan fingerprint density at radius 1 is 0.508 bits per heavy atom. The van der Waals surface area contributed by atoms with Crippen molar-refractivity contribution in [2.24, 2.45) is 92.7 Å². The van der Waals surface area contributed by atoms with E-state index in [1.165, 1.54) is 71.0 Å². The molecule has 0 radical (unpaired) electrons. The Kier molecular flexibility index (Phi) is 16.7. The summed E-state index contributed by atoms with van der Waals surface area (Å²) >= 11 is 0. The molecule has 8 aliphatic rings. The standard InChI is InChI=1S/2C24H40O4.C6H15N/c2*1-14(4-7-21(27)28)17-5-6-18-22-19(9-11-24(17,18)3)23(2)10-8-16(25)12-15(23)13-20(22)26;1-4-7(5-2)6-3/h2*14-20,22,25-26H,4-13H2,1-3H3,(H,27,28);4-6H2,1-3H3/t2*14-,15+,16-,17-,18+,19+,20+,22+,23+,24-;/m11./s1. The second-order valence-corrected chi connectivity index (χ2v) is 24.3. The van der Waals surface area contributed by atoms with Crippen molar-refractivity contribution in [3.8, 4) is 0 Å². The molecule has 9 nitrogen and oxygen atoms in total. The zero-order chi connectivity index (χ0) is 46.2. The molecule has 0 aromatic heterocycles. The molecule has 63 heavy (non-hydrogen) atoms. The van der Waals surface area contributed by atoms with Crippen LogP contribution in [-0.2, 0) is 9.59 Å². The molecule has 0 unspecified atom stereocenters. The van der Waals surface area contributed by atoms with Crippen molar-refractivity contribution in [2.45, 2.75) is 215 Å². The number of rotatable bonds is 11. The fourth-order valence-electron chi connectivity index (χ4n) is 18.1. The number of hydrogen-bond acceptors (Lipinski definition) is 7. The van der Waals surface area contributed by atoms with Crippen LogP contribution in [-0.4, -0.2) is 91.5 Å². The van der Waals surface area contributed by atoms with Crippen molar-refractivity contribution in [1.29, 1.82) is 0 Å². The fraction of sp³-hybridized carbons (Fsp3) is 0.963. The van der Waals surface area contributed by atoms with E-state index in [-0.39, 0.29) is 58.9 Å². The minimum atomic E-state index is -0.684. The molecule has 9 heteroatoms. The van der Waals surface area contributed by atoms with Crippen LogP contribution in [0.5, 0.6) is 0 Å². The van der Waals surface area contributed by atoms with Gasteiger partial charge in [-0.2, -0.15) is 0 Å². The van der Waals surface area contributed by atoms with E-state index < -0.39 is 11.9 Å². The van der Waals surface area contributed by atoms with E-state index in [0.29, 0.717) is 71.0 Å². The third-order valence-corrected chi connectivity index (χ3v) is 21.8. The highest BCUT2D eigenvalue weighted by molar-refractivity contribution is 5.66. The lowest BCUT2D eigenvalue weighted by Gasteiger charge is -2.62. The number of carbonyl (C=O) groups is 2. The Hall–Kier alpha value is -1.26. The first-order chi connectivity index (χ1) is 29.7. The lowest BCUT2D eigenvalue weighted by atomic mass is 9.43. The Morgan fingerprint density at radius 3 is 1.16 bits per heavy atom.